The molecule has 21 heavy (non-hydrogen) atoms. The second kappa shape index (κ2) is 4.89. The molecule has 0 amide bonds. The Morgan fingerprint density at radius 2 is 1.86 bits per heavy atom. The molecule has 1 heterocycles. The fourth-order valence-corrected chi connectivity index (χ4v) is 2.81. The minimum Gasteiger partial charge on any atom is -0.508 e. The highest BCUT2D eigenvalue weighted by atomic mass is 32.2. The van der Waals surface area contributed by atoms with E-state index in [1.807, 2.05) is 12.1 Å². The first kappa shape index (κ1) is 13.6. The Kier molecular flexibility index (Phi) is 3.17. The number of H-pyrrole nitrogens is 1. The van der Waals surface area contributed by atoms with Crippen LogP contribution in [-0.2, 0) is 16.3 Å². The molecule has 0 aliphatic carbocycles. The minimum atomic E-state index is -3.22. The van der Waals surface area contributed by atoms with Crippen molar-refractivity contribution in [2.45, 2.75) is 11.3 Å². The monoisotopic (exact) mass is 302 g/mol. The minimum absolute atomic E-state index is 0.223. The smallest absolute Gasteiger partial charge is 0.175 e. The summed E-state index contributed by atoms with van der Waals surface area (Å²) >= 11 is 0. The number of imidazole rings is 1. The topological polar surface area (TPSA) is 83.1 Å². The molecule has 0 atom stereocenters. The number of aromatic nitrogens is 2. The quantitative estimate of drug-likeness (QED) is 0.777. The summed E-state index contributed by atoms with van der Waals surface area (Å²) in [4.78, 5) is 7.85. The molecule has 2 aromatic carbocycles. The molecular weight excluding hydrogens is 288 g/mol. The van der Waals surface area contributed by atoms with Gasteiger partial charge in [0.2, 0.25) is 0 Å². The van der Waals surface area contributed by atoms with Gasteiger partial charge in [-0.05, 0) is 35.9 Å². The molecule has 0 radical (unpaired) electrons. The van der Waals surface area contributed by atoms with Crippen LogP contribution in [0.3, 0.4) is 0 Å². The largest absolute Gasteiger partial charge is 0.508 e. The van der Waals surface area contributed by atoms with Crippen molar-refractivity contribution in [3.05, 3.63) is 53.9 Å². The number of phenolic OH excluding ortho intramolecular Hbond substituents is 1. The van der Waals surface area contributed by atoms with E-state index < -0.39 is 9.84 Å². The van der Waals surface area contributed by atoms with E-state index >= 15 is 0 Å². The van der Waals surface area contributed by atoms with Gasteiger partial charge in [-0.2, -0.15) is 0 Å². The molecule has 0 fully saturated rings. The van der Waals surface area contributed by atoms with Gasteiger partial charge in [-0.25, -0.2) is 13.4 Å². The van der Waals surface area contributed by atoms with Crippen molar-refractivity contribution in [1.82, 2.24) is 9.97 Å². The van der Waals surface area contributed by atoms with Crippen molar-refractivity contribution in [1.29, 1.82) is 0 Å². The number of benzene rings is 2. The Morgan fingerprint density at radius 3 is 2.52 bits per heavy atom. The van der Waals surface area contributed by atoms with Gasteiger partial charge in [-0.15, -0.1) is 0 Å². The second-order valence-electron chi connectivity index (χ2n) is 4.98. The molecule has 0 bridgehead atoms. The number of phenols is 1. The predicted octanol–water partition coefficient (Wildman–Crippen LogP) is 2.26. The number of sulfone groups is 1. The highest BCUT2D eigenvalue weighted by Gasteiger charge is 2.10. The highest BCUT2D eigenvalue weighted by Crippen LogP contribution is 2.19. The molecule has 0 saturated carbocycles. The number of aromatic hydroxyl groups is 1. The van der Waals surface area contributed by atoms with Gasteiger partial charge in [0, 0.05) is 12.7 Å². The van der Waals surface area contributed by atoms with Gasteiger partial charge in [0.15, 0.2) is 9.84 Å². The van der Waals surface area contributed by atoms with Gasteiger partial charge in [-0.3, -0.25) is 0 Å². The average molecular weight is 302 g/mol. The maximum atomic E-state index is 11.5. The Balaban J connectivity index is 1.95. The van der Waals surface area contributed by atoms with Crippen LogP contribution >= 0.6 is 0 Å². The summed E-state index contributed by atoms with van der Waals surface area (Å²) in [6.45, 7) is 0. The van der Waals surface area contributed by atoms with E-state index in [1.54, 1.807) is 30.3 Å². The van der Waals surface area contributed by atoms with Crippen LogP contribution in [0.25, 0.3) is 11.0 Å². The van der Waals surface area contributed by atoms with Crippen molar-refractivity contribution in [3.8, 4) is 5.75 Å². The summed E-state index contributed by atoms with van der Waals surface area (Å²) in [5, 5.41) is 9.26. The molecular formula is C15H14N2O3S. The van der Waals surface area contributed by atoms with E-state index in [-0.39, 0.29) is 10.6 Å². The third-order valence-electron chi connectivity index (χ3n) is 3.24. The third-order valence-corrected chi connectivity index (χ3v) is 4.35. The highest BCUT2D eigenvalue weighted by molar-refractivity contribution is 7.90. The lowest BCUT2D eigenvalue weighted by atomic mass is 10.1. The normalized spacial score (nSPS) is 11.9. The van der Waals surface area contributed by atoms with Gasteiger partial charge < -0.3 is 10.1 Å². The van der Waals surface area contributed by atoms with Crippen molar-refractivity contribution in [2.75, 3.05) is 6.26 Å². The summed E-state index contributed by atoms with van der Waals surface area (Å²) in [6.07, 6.45) is 1.77. The molecule has 108 valence electrons. The van der Waals surface area contributed by atoms with E-state index in [0.29, 0.717) is 11.9 Å². The zero-order chi connectivity index (χ0) is 15.0. The van der Waals surface area contributed by atoms with Crippen LogP contribution in [0.5, 0.6) is 5.75 Å². The zero-order valence-electron chi connectivity index (χ0n) is 11.4. The number of rotatable bonds is 3. The van der Waals surface area contributed by atoms with E-state index in [2.05, 4.69) is 9.97 Å². The van der Waals surface area contributed by atoms with Crippen molar-refractivity contribution < 1.29 is 13.5 Å². The van der Waals surface area contributed by atoms with Gasteiger partial charge in [0.25, 0.3) is 0 Å². The lowest BCUT2D eigenvalue weighted by Crippen LogP contribution is -1.96. The Morgan fingerprint density at radius 1 is 1.14 bits per heavy atom. The average Bonchev–Trinajstić information content (AvgIpc) is 2.81. The molecule has 1 aromatic heterocycles. The van der Waals surface area contributed by atoms with E-state index in [0.717, 1.165) is 16.9 Å². The fraction of sp³-hybridized carbons (Fsp3) is 0.133. The van der Waals surface area contributed by atoms with Crippen molar-refractivity contribution in [2.24, 2.45) is 0 Å². The summed E-state index contributed by atoms with van der Waals surface area (Å²) < 4.78 is 23.1. The first-order chi connectivity index (χ1) is 9.91. The maximum absolute atomic E-state index is 11.5. The van der Waals surface area contributed by atoms with Crippen LogP contribution in [-0.4, -0.2) is 29.7 Å². The number of aromatic amines is 1. The Hall–Kier alpha value is -2.34. The van der Waals surface area contributed by atoms with Crippen LogP contribution in [0.15, 0.2) is 47.4 Å². The summed E-state index contributed by atoms with van der Waals surface area (Å²) in [5.41, 5.74) is 2.44. The molecule has 6 heteroatoms. The fourth-order valence-electron chi connectivity index (χ4n) is 2.16. The second-order valence-corrected chi connectivity index (χ2v) is 6.99. The number of hydrogen-bond donors (Lipinski definition) is 2. The standard InChI is InChI=1S/C15H14N2O3S/c1-21(19,20)12-6-7-13-14(9-12)17-15(16-13)8-10-2-4-11(18)5-3-10/h2-7,9,18H,8H2,1H3,(H,16,17). The summed E-state index contributed by atoms with van der Waals surface area (Å²) in [6, 6.07) is 11.7. The number of fused-ring (bicyclic) bond motifs is 1. The molecule has 3 aromatic rings. The SMILES string of the molecule is CS(=O)(=O)c1ccc2nc(Cc3ccc(O)cc3)[nH]c2c1. The predicted molar refractivity (Wildman–Crippen MR) is 80.1 cm³/mol. The molecule has 0 aliphatic heterocycles. The maximum Gasteiger partial charge on any atom is 0.175 e. The lowest BCUT2D eigenvalue weighted by Gasteiger charge is -1.98. The lowest BCUT2D eigenvalue weighted by molar-refractivity contribution is 0.475. The van der Waals surface area contributed by atoms with Crippen LogP contribution in [0.2, 0.25) is 0 Å². The first-order valence-corrected chi connectivity index (χ1v) is 8.27. The molecule has 2 N–H and O–H groups in total. The zero-order valence-corrected chi connectivity index (χ0v) is 12.2. The summed E-state index contributed by atoms with van der Waals surface area (Å²) in [5.74, 6) is 0.975. The molecule has 0 spiro atoms. The first-order valence-electron chi connectivity index (χ1n) is 6.38. The van der Waals surface area contributed by atoms with Gasteiger partial charge in [-0.1, -0.05) is 12.1 Å². The van der Waals surface area contributed by atoms with Crippen molar-refractivity contribution >= 4 is 20.9 Å². The van der Waals surface area contributed by atoms with Crippen LogP contribution in [0.1, 0.15) is 11.4 Å². The van der Waals surface area contributed by atoms with Gasteiger partial charge in [0.1, 0.15) is 11.6 Å². The Bertz CT molecular complexity index is 896. The van der Waals surface area contributed by atoms with Gasteiger partial charge in [0.05, 0.1) is 15.9 Å². The number of nitrogens with zero attached hydrogens (tertiary/aromatic N) is 1. The molecule has 3 rings (SSSR count). The number of hydrogen-bond acceptors (Lipinski definition) is 4. The van der Waals surface area contributed by atoms with Crippen molar-refractivity contribution in [3.63, 3.8) is 0 Å². The molecule has 0 unspecified atom stereocenters. The van der Waals surface area contributed by atoms with Crippen LogP contribution in [0.4, 0.5) is 0 Å². The van der Waals surface area contributed by atoms with E-state index in [9.17, 15) is 13.5 Å². The van der Waals surface area contributed by atoms with Gasteiger partial charge >= 0.3 is 0 Å². The van der Waals surface area contributed by atoms with E-state index in [4.69, 9.17) is 0 Å². The molecule has 0 saturated heterocycles. The van der Waals surface area contributed by atoms with Crippen LogP contribution in [0, 0.1) is 0 Å². The van der Waals surface area contributed by atoms with E-state index in [1.165, 1.54) is 6.26 Å². The summed E-state index contributed by atoms with van der Waals surface area (Å²) in [7, 11) is -3.22. The molecule has 5 nitrogen and oxygen atoms in total. The molecule has 0 aliphatic rings. The van der Waals surface area contributed by atoms with Crippen LogP contribution < -0.4 is 0 Å². The number of nitrogens with one attached hydrogen (secondary N) is 1. The Labute approximate surface area is 122 Å². The third kappa shape index (κ3) is 2.90.